The van der Waals surface area contributed by atoms with Crippen LogP contribution in [0.1, 0.15) is 31.8 Å². The van der Waals surface area contributed by atoms with Crippen LogP contribution in [0.4, 0.5) is 0 Å². The first kappa shape index (κ1) is 18.6. The maximum atomic E-state index is 12.4. The monoisotopic (exact) mass is 379 g/mol. The van der Waals surface area contributed by atoms with Crippen molar-refractivity contribution < 1.29 is 9.59 Å². The van der Waals surface area contributed by atoms with Gasteiger partial charge in [-0.25, -0.2) is 0 Å². The zero-order valence-electron chi connectivity index (χ0n) is 14.5. The minimum Gasteiger partial charge on any atom is -0.348 e. The van der Waals surface area contributed by atoms with E-state index in [4.69, 9.17) is 11.6 Å². The van der Waals surface area contributed by atoms with Gasteiger partial charge < -0.3 is 10.6 Å². The van der Waals surface area contributed by atoms with Crippen LogP contribution in [-0.4, -0.2) is 16.8 Å². The van der Waals surface area contributed by atoms with E-state index in [1.54, 1.807) is 48.8 Å². The van der Waals surface area contributed by atoms with Crippen LogP contribution in [0.25, 0.3) is 0 Å². The van der Waals surface area contributed by atoms with Crippen molar-refractivity contribution in [2.24, 2.45) is 0 Å². The molecule has 2 amide bonds. The molecule has 0 spiro atoms. The van der Waals surface area contributed by atoms with Gasteiger partial charge in [-0.05, 0) is 47.5 Å². The highest BCUT2D eigenvalue weighted by Gasteiger charge is 2.10. The molecule has 5 nitrogen and oxygen atoms in total. The van der Waals surface area contributed by atoms with E-state index in [0.717, 1.165) is 11.1 Å². The van der Waals surface area contributed by atoms with Crippen LogP contribution in [0.15, 0.2) is 73.1 Å². The van der Waals surface area contributed by atoms with Gasteiger partial charge in [0.15, 0.2) is 0 Å². The lowest BCUT2D eigenvalue weighted by Gasteiger charge is -2.08. The van der Waals surface area contributed by atoms with E-state index >= 15 is 0 Å². The third kappa shape index (κ3) is 5.39. The highest BCUT2D eigenvalue weighted by molar-refractivity contribution is 6.30. The molecule has 0 fully saturated rings. The van der Waals surface area contributed by atoms with E-state index < -0.39 is 0 Å². The summed E-state index contributed by atoms with van der Waals surface area (Å²) in [7, 11) is 0. The van der Waals surface area contributed by atoms with Crippen molar-refractivity contribution in [2.45, 2.75) is 13.1 Å². The summed E-state index contributed by atoms with van der Waals surface area (Å²) in [4.78, 5) is 28.7. The van der Waals surface area contributed by atoms with Crippen LogP contribution in [0.2, 0.25) is 5.02 Å². The summed E-state index contributed by atoms with van der Waals surface area (Å²) in [5, 5.41) is 6.31. The lowest BCUT2D eigenvalue weighted by atomic mass is 10.1. The van der Waals surface area contributed by atoms with Crippen LogP contribution in [0.5, 0.6) is 0 Å². The van der Waals surface area contributed by atoms with Gasteiger partial charge in [0, 0.05) is 41.6 Å². The van der Waals surface area contributed by atoms with E-state index in [-0.39, 0.29) is 11.8 Å². The molecule has 6 heteroatoms. The second-order valence-corrected chi connectivity index (χ2v) is 6.37. The highest BCUT2D eigenvalue weighted by atomic mass is 35.5. The Bertz CT molecular complexity index is 928. The molecule has 0 radical (unpaired) electrons. The van der Waals surface area contributed by atoms with Gasteiger partial charge in [0.1, 0.15) is 0 Å². The number of carbonyl (C=O) groups excluding carboxylic acids is 2. The Morgan fingerprint density at radius 1 is 0.815 bits per heavy atom. The van der Waals surface area contributed by atoms with Crippen molar-refractivity contribution in [3.63, 3.8) is 0 Å². The minimum atomic E-state index is -0.244. The lowest BCUT2D eigenvalue weighted by molar-refractivity contribution is 0.0950. The summed E-state index contributed by atoms with van der Waals surface area (Å²) < 4.78 is 0. The molecule has 2 aromatic carbocycles. The van der Waals surface area contributed by atoms with Crippen LogP contribution >= 0.6 is 11.6 Å². The topological polar surface area (TPSA) is 71.1 Å². The zero-order valence-corrected chi connectivity index (χ0v) is 15.2. The Balaban J connectivity index is 1.59. The zero-order chi connectivity index (χ0) is 19.1. The standard InChI is InChI=1S/C21H18ClN3O2/c22-19-8-6-15(7-9-19)13-24-20(26)17-4-1-5-18(11-17)21(27)25-14-16-3-2-10-23-12-16/h1-12H,13-14H2,(H,24,26)(H,25,27). The molecule has 136 valence electrons. The molecule has 0 atom stereocenters. The summed E-state index contributed by atoms with van der Waals surface area (Å²) in [6.45, 7) is 0.757. The molecule has 0 unspecified atom stereocenters. The number of hydrogen-bond donors (Lipinski definition) is 2. The molecule has 0 aliphatic heterocycles. The number of halogens is 1. The molecule has 0 bridgehead atoms. The maximum absolute atomic E-state index is 12.4. The molecule has 0 aliphatic rings. The second-order valence-electron chi connectivity index (χ2n) is 5.93. The summed E-state index contributed by atoms with van der Waals surface area (Å²) in [5.41, 5.74) is 2.71. The van der Waals surface area contributed by atoms with Gasteiger partial charge in [0.25, 0.3) is 11.8 Å². The Morgan fingerprint density at radius 3 is 2.04 bits per heavy atom. The Labute approximate surface area is 162 Å². The molecular formula is C21H18ClN3O2. The number of pyridine rings is 1. The fourth-order valence-corrected chi connectivity index (χ4v) is 2.60. The first-order valence-electron chi connectivity index (χ1n) is 8.41. The third-order valence-corrected chi connectivity index (χ3v) is 4.18. The average Bonchev–Trinajstić information content (AvgIpc) is 2.72. The molecule has 3 rings (SSSR count). The first-order chi connectivity index (χ1) is 13.1. The fraction of sp³-hybridized carbons (Fsp3) is 0.0952. The van der Waals surface area contributed by atoms with Crippen molar-refractivity contribution in [1.82, 2.24) is 15.6 Å². The summed E-state index contributed by atoms with van der Waals surface area (Å²) in [6.07, 6.45) is 3.37. The smallest absolute Gasteiger partial charge is 0.251 e. The molecular weight excluding hydrogens is 362 g/mol. The van der Waals surface area contributed by atoms with Crippen molar-refractivity contribution in [3.8, 4) is 0 Å². The molecule has 3 aromatic rings. The van der Waals surface area contributed by atoms with E-state index in [1.807, 2.05) is 24.3 Å². The molecule has 2 N–H and O–H groups in total. The number of rotatable bonds is 6. The van der Waals surface area contributed by atoms with Gasteiger partial charge in [-0.15, -0.1) is 0 Å². The number of nitrogens with zero attached hydrogens (tertiary/aromatic N) is 1. The number of amides is 2. The summed E-state index contributed by atoms with van der Waals surface area (Å²) >= 11 is 5.85. The predicted octanol–water partition coefficient (Wildman–Crippen LogP) is 3.60. The summed E-state index contributed by atoms with van der Waals surface area (Å²) in [5.74, 6) is -0.488. The van der Waals surface area contributed by atoms with Crippen molar-refractivity contribution in [1.29, 1.82) is 0 Å². The first-order valence-corrected chi connectivity index (χ1v) is 8.79. The molecule has 27 heavy (non-hydrogen) atoms. The van der Waals surface area contributed by atoms with Crippen LogP contribution in [0.3, 0.4) is 0 Å². The molecule has 0 aliphatic carbocycles. The number of nitrogens with one attached hydrogen (secondary N) is 2. The number of hydrogen-bond acceptors (Lipinski definition) is 3. The molecule has 0 saturated carbocycles. The van der Waals surface area contributed by atoms with Gasteiger partial charge in [-0.1, -0.05) is 35.9 Å². The normalized spacial score (nSPS) is 10.3. The van der Waals surface area contributed by atoms with Gasteiger partial charge in [0.05, 0.1) is 0 Å². The van der Waals surface area contributed by atoms with Gasteiger partial charge in [0.2, 0.25) is 0 Å². The van der Waals surface area contributed by atoms with Crippen molar-refractivity contribution in [3.05, 3.63) is 100 Å². The van der Waals surface area contributed by atoms with Crippen LogP contribution in [-0.2, 0) is 13.1 Å². The maximum Gasteiger partial charge on any atom is 0.251 e. The van der Waals surface area contributed by atoms with Gasteiger partial charge in [-0.3, -0.25) is 14.6 Å². The van der Waals surface area contributed by atoms with E-state index in [2.05, 4.69) is 15.6 Å². The van der Waals surface area contributed by atoms with Gasteiger partial charge >= 0.3 is 0 Å². The largest absolute Gasteiger partial charge is 0.348 e. The Morgan fingerprint density at radius 2 is 1.44 bits per heavy atom. The Hall–Kier alpha value is -3.18. The Kier molecular flexibility index (Phi) is 6.18. The third-order valence-electron chi connectivity index (χ3n) is 3.93. The lowest BCUT2D eigenvalue weighted by Crippen LogP contribution is -2.25. The number of carbonyl (C=O) groups is 2. The quantitative estimate of drug-likeness (QED) is 0.687. The van der Waals surface area contributed by atoms with Crippen LogP contribution < -0.4 is 10.6 Å². The van der Waals surface area contributed by atoms with E-state index in [9.17, 15) is 9.59 Å². The fourth-order valence-electron chi connectivity index (χ4n) is 2.48. The minimum absolute atomic E-state index is 0.244. The average molecular weight is 380 g/mol. The van der Waals surface area contributed by atoms with E-state index in [1.165, 1.54) is 0 Å². The summed E-state index contributed by atoms with van der Waals surface area (Å²) in [6, 6.07) is 17.6. The SMILES string of the molecule is O=C(NCc1ccc(Cl)cc1)c1cccc(C(=O)NCc2cccnc2)c1. The molecule has 1 heterocycles. The van der Waals surface area contributed by atoms with Crippen LogP contribution in [0, 0.1) is 0 Å². The van der Waals surface area contributed by atoms with E-state index in [0.29, 0.717) is 29.2 Å². The second kappa shape index (κ2) is 8.96. The van der Waals surface area contributed by atoms with Crippen molar-refractivity contribution >= 4 is 23.4 Å². The molecule has 1 aromatic heterocycles. The predicted molar refractivity (Wildman–Crippen MR) is 104 cm³/mol. The number of benzene rings is 2. The van der Waals surface area contributed by atoms with Crippen molar-refractivity contribution in [2.75, 3.05) is 0 Å². The number of aromatic nitrogens is 1. The highest BCUT2D eigenvalue weighted by Crippen LogP contribution is 2.10. The molecule has 0 saturated heterocycles. The van der Waals surface area contributed by atoms with Gasteiger partial charge in [-0.2, -0.15) is 0 Å².